The standard InChI is InChI=1S/C14H14ClNO2/c1-2-16-13(8-5-11(9-17)14(16)18)10-3-6-12(15)7-4-10/h3-8,17H,2,9H2,1H3. The topological polar surface area (TPSA) is 42.2 Å². The van der Waals surface area contributed by atoms with E-state index in [0.29, 0.717) is 17.1 Å². The lowest BCUT2D eigenvalue weighted by molar-refractivity contribution is 0.279. The van der Waals surface area contributed by atoms with Crippen LogP contribution in [0.25, 0.3) is 11.3 Å². The zero-order valence-electron chi connectivity index (χ0n) is 10.1. The highest BCUT2D eigenvalue weighted by Crippen LogP contribution is 2.20. The van der Waals surface area contributed by atoms with Crippen molar-refractivity contribution in [1.82, 2.24) is 4.57 Å². The van der Waals surface area contributed by atoms with Crippen molar-refractivity contribution in [2.75, 3.05) is 0 Å². The number of benzene rings is 1. The van der Waals surface area contributed by atoms with E-state index in [2.05, 4.69) is 0 Å². The molecule has 0 radical (unpaired) electrons. The highest BCUT2D eigenvalue weighted by molar-refractivity contribution is 6.30. The van der Waals surface area contributed by atoms with Crippen molar-refractivity contribution in [1.29, 1.82) is 0 Å². The molecule has 18 heavy (non-hydrogen) atoms. The van der Waals surface area contributed by atoms with Crippen molar-refractivity contribution in [3.63, 3.8) is 0 Å². The average Bonchev–Trinajstić information content (AvgIpc) is 2.39. The van der Waals surface area contributed by atoms with Crippen LogP contribution in [0, 0.1) is 0 Å². The predicted octanol–water partition coefficient (Wildman–Crippen LogP) is 2.68. The highest BCUT2D eigenvalue weighted by Gasteiger charge is 2.08. The van der Waals surface area contributed by atoms with Crippen LogP contribution < -0.4 is 5.56 Å². The number of halogens is 1. The molecule has 94 valence electrons. The number of hydrogen-bond donors (Lipinski definition) is 1. The molecule has 0 saturated carbocycles. The second-order valence-electron chi connectivity index (χ2n) is 3.96. The maximum atomic E-state index is 12.1. The summed E-state index contributed by atoms with van der Waals surface area (Å²) in [5.74, 6) is 0. The van der Waals surface area contributed by atoms with E-state index < -0.39 is 0 Å². The van der Waals surface area contributed by atoms with Crippen LogP contribution in [0.4, 0.5) is 0 Å². The van der Waals surface area contributed by atoms with Crippen LogP contribution in [0.5, 0.6) is 0 Å². The molecule has 0 fully saturated rings. The van der Waals surface area contributed by atoms with Gasteiger partial charge in [-0.05, 0) is 36.8 Å². The summed E-state index contributed by atoms with van der Waals surface area (Å²) in [5.41, 5.74) is 2.03. The summed E-state index contributed by atoms with van der Waals surface area (Å²) in [6.45, 7) is 2.23. The molecule has 1 aromatic carbocycles. The van der Waals surface area contributed by atoms with Crippen LogP contribution in [-0.4, -0.2) is 9.67 Å². The third-order valence-electron chi connectivity index (χ3n) is 2.88. The molecule has 0 atom stereocenters. The normalized spacial score (nSPS) is 10.6. The van der Waals surface area contributed by atoms with E-state index >= 15 is 0 Å². The molecule has 4 heteroatoms. The number of rotatable bonds is 3. The van der Waals surface area contributed by atoms with Gasteiger partial charge in [0.1, 0.15) is 0 Å². The summed E-state index contributed by atoms with van der Waals surface area (Å²) in [6, 6.07) is 10.9. The minimum Gasteiger partial charge on any atom is -0.391 e. The first-order chi connectivity index (χ1) is 8.67. The van der Waals surface area contributed by atoms with Crippen molar-refractivity contribution in [3.8, 4) is 11.3 Å². The summed E-state index contributed by atoms with van der Waals surface area (Å²) < 4.78 is 1.65. The molecule has 0 aliphatic heterocycles. The molecule has 3 nitrogen and oxygen atoms in total. The van der Waals surface area contributed by atoms with Crippen molar-refractivity contribution >= 4 is 11.6 Å². The SMILES string of the molecule is CCn1c(-c2ccc(Cl)cc2)ccc(CO)c1=O. The Hall–Kier alpha value is -1.58. The van der Waals surface area contributed by atoms with E-state index in [1.165, 1.54) is 0 Å². The minimum absolute atomic E-state index is 0.146. The van der Waals surface area contributed by atoms with Gasteiger partial charge in [-0.2, -0.15) is 0 Å². The Balaban J connectivity index is 2.61. The predicted molar refractivity (Wildman–Crippen MR) is 72.7 cm³/mol. The van der Waals surface area contributed by atoms with E-state index in [0.717, 1.165) is 11.3 Å². The second-order valence-corrected chi connectivity index (χ2v) is 4.39. The van der Waals surface area contributed by atoms with Gasteiger partial charge in [-0.25, -0.2) is 0 Å². The van der Waals surface area contributed by atoms with E-state index in [1.807, 2.05) is 25.1 Å². The third-order valence-corrected chi connectivity index (χ3v) is 3.13. The molecule has 1 N–H and O–H groups in total. The smallest absolute Gasteiger partial charge is 0.256 e. The van der Waals surface area contributed by atoms with E-state index in [-0.39, 0.29) is 12.2 Å². The van der Waals surface area contributed by atoms with E-state index in [1.54, 1.807) is 22.8 Å². The maximum Gasteiger partial charge on any atom is 0.256 e. The van der Waals surface area contributed by atoms with Crippen LogP contribution in [0.3, 0.4) is 0 Å². The first-order valence-corrected chi connectivity index (χ1v) is 6.14. The molecule has 0 amide bonds. The van der Waals surface area contributed by atoms with Gasteiger partial charge in [-0.15, -0.1) is 0 Å². The summed E-state index contributed by atoms with van der Waals surface area (Å²) in [6.07, 6.45) is 0. The van der Waals surface area contributed by atoms with Gasteiger partial charge in [0.05, 0.1) is 12.3 Å². The number of aliphatic hydroxyl groups is 1. The average molecular weight is 264 g/mol. The Bertz CT molecular complexity index is 602. The second kappa shape index (κ2) is 5.38. The maximum absolute atomic E-state index is 12.1. The van der Waals surface area contributed by atoms with E-state index in [4.69, 9.17) is 16.7 Å². The molecule has 0 saturated heterocycles. The summed E-state index contributed by atoms with van der Waals surface area (Å²) in [7, 11) is 0. The van der Waals surface area contributed by atoms with Crippen LogP contribution >= 0.6 is 11.6 Å². The zero-order chi connectivity index (χ0) is 13.1. The fraction of sp³-hybridized carbons (Fsp3) is 0.214. The first kappa shape index (κ1) is 12.9. The monoisotopic (exact) mass is 263 g/mol. The highest BCUT2D eigenvalue weighted by atomic mass is 35.5. The molecule has 1 heterocycles. The quantitative estimate of drug-likeness (QED) is 0.925. The van der Waals surface area contributed by atoms with Crippen molar-refractivity contribution < 1.29 is 5.11 Å². The molecular formula is C14H14ClNO2. The van der Waals surface area contributed by atoms with Crippen molar-refractivity contribution in [2.45, 2.75) is 20.1 Å². The van der Waals surface area contributed by atoms with Crippen LogP contribution in [0.2, 0.25) is 5.02 Å². The van der Waals surface area contributed by atoms with Gasteiger partial charge in [0.15, 0.2) is 0 Å². The zero-order valence-corrected chi connectivity index (χ0v) is 10.8. The van der Waals surface area contributed by atoms with Crippen molar-refractivity contribution in [2.24, 2.45) is 0 Å². The first-order valence-electron chi connectivity index (χ1n) is 5.77. The third kappa shape index (κ3) is 2.33. The van der Waals surface area contributed by atoms with Crippen LogP contribution in [0.15, 0.2) is 41.2 Å². The number of pyridine rings is 1. The Morgan fingerprint density at radius 3 is 2.39 bits per heavy atom. The van der Waals surface area contributed by atoms with Gasteiger partial charge in [-0.3, -0.25) is 4.79 Å². The Labute approximate surface area is 110 Å². The van der Waals surface area contributed by atoms with Gasteiger partial charge in [0, 0.05) is 17.1 Å². The fourth-order valence-electron chi connectivity index (χ4n) is 1.93. The lowest BCUT2D eigenvalue weighted by Gasteiger charge is -2.12. The van der Waals surface area contributed by atoms with Crippen molar-refractivity contribution in [3.05, 3.63) is 57.3 Å². The number of nitrogens with zero attached hydrogens (tertiary/aromatic N) is 1. The molecule has 0 aliphatic rings. The van der Waals surface area contributed by atoms with Crippen LogP contribution in [0.1, 0.15) is 12.5 Å². The van der Waals surface area contributed by atoms with Gasteiger partial charge in [-0.1, -0.05) is 23.7 Å². The lowest BCUT2D eigenvalue weighted by Crippen LogP contribution is -2.24. The lowest BCUT2D eigenvalue weighted by atomic mass is 10.1. The summed E-state index contributed by atoms with van der Waals surface area (Å²) in [5, 5.41) is 9.77. The molecular weight excluding hydrogens is 250 g/mol. The Kier molecular flexibility index (Phi) is 3.84. The van der Waals surface area contributed by atoms with Gasteiger partial charge >= 0.3 is 0 Å². The Morgan fingerprint density at radius 2 is 1.83 bits per heavy atom. The number of aromatic nitrogens is 1. The van der Waals surface area contributed by atoms with Gasteiger partial charge < -0.3 is 9.67 Å². The molecule has 1 aromatic heterocycles. The van der Waals surface area contributed by atoms with E-state index in [9.17, 15) is 4.79 Å². The number of hydrogen-bond acceptors (Lipinski definition) is 2. The molecule has 2 aromatic rings. The number of aliphatic hydroxyl groups excluding tert-OH is 1. The summed E-state index contributed by atoms with van der Waals surface area (Å²) >= 11 is 5.85. The van der Waals surface area contributed by atoms with Gasteiger partial charge in [0.2, 0.25) is 0 Å². The van der Waals surface area contributed by atoms with Crippen LogP contribution in [-0.2, 0) is 13.2 Å². The molecule has 0 bridgehead atoms. The largest absolute Gasteiger partial charge is 0.391 e. The summed E-state index contributed by atoms with van der Waals surface area (Å²) in [4.78, 5) is 12.1. The molecule has 2 rings (SSSR count). The Morgan fingerprint density at radius 1 is 1.17 bits per heavy atom. The minimum atomic E-state index is -0.236. The molecule has 0 aliphatic carbocycles. The molecule has 0 unspecified atom stereocenters. The molecule has 0 spiro atoms. The fourth-order valence-corrected chi connectivity index (χ4v) is 2.06. The van der Waals surface area contributed by atoms with Gasteiger partial charge in [0.25, 0.3) is 5.56 Å².